The van der Waals surface area contributed by atoms with E-state index in [9.17, 15) is 9.59 Å². The highest BCUT2D eigenvalue weighted by atomic mass is 16.5. The van der Waals surface area contributed by atoms with Crippen molar-refractivity contribution in [3.63, 3.8) is 0 Å². The lowest BCUT2D eigenvalue weighted by Gasteiger charge is -2.37. The Kier molecular flexibility index (Phi) is 5.76. The molecule has 1 unspecified atom stereocenters. The van der Waals surface area contributed by atoms with E-state index in [1.807, 2.05) is 47.0 Å². The van der Waals surface area contributed by atoms with Crippen LogP contribution in [-0.2, 0) is 16.1 Å². The monoisotopic (exact) mass is 398 g/mol. The molecule has 1 aromatic carbocycles. The van der Waals surface area contributed by atoms with Crippen LogP contribution in [0, 0.1) is 0 Å². The van der Waals surface area contributed by atoms with Crippen LogP contribution in [0.3, 0.4) is 0 Å². The van der Waals surface area contributed by atoms with Gasteiger partial charge >= 0.3 is 0 Å². The Hall–Kier alpha value is -2.54. The predicted octanol–water partition coefficient (Wildman–Crippen LogP) is 1.98. The lowest BCUT2D eigenvalue weighted by molar-refractivity contribution is -0.135. The molecule has 3 heterocycles. The molecule has 1 aromatic heterocycles. The Labute approximate surface area is 171 Å². The summed E-state index contributed by atoms with van der Waals surface area (Å²) in [4.78, 5) is 28.2. The van der Waals surface area contributed by atoms with Crippen LogP contribution in [-0.4, -0.2) is 65.0 Å². The Morgan fingerprint density at radius 2 is 1.93 bits per heavy atom. The molecular formula is C22H30N4O3. The van der Waals surface area contributed by atoms with Gasteiger partial charge in [-0.3, -0.25) is 14.5 Å². The maximum Gasteiger partial charge on any atom is 0.239 e. The molecule has 2 saturated heterocycles. The summed E-state index contributed by atoms with van der Waals surface area (Å²) in [5.74, 6) is 0.747. The highest BCUT2D eigenvalue weighted by Crippen LogP contribution is 2.30. The number of likely N-dealkylation sites (tertiary alicyclic amines) is 2. The number of hydrogen-bond donors (Lipinski definition) is 1. The number of hydrogen-bond acceptors (Lipinski definition) is 4. The van der Waals surface area contributed by atoms with Crippen molar-refractivity contribution in [1.29, 1.82) is 0 Å². The van der Waals surface area contributed by atoms with Crippen LogP contribution in [0.4, 0.5) is 0 Å². The van der Waals surface area contributed by atoms with E-state index in [-0.39, 0.29) is 30.5 Å². The van der Waals surface area contributed by atoms with E-state index in [4.69, 9.17) is 10.5 Å². The molecule has 156 valence electrons. The molecule has 2 aliphatic rings. The van der Waals surface area contributed by atoms with Crippen molar-refractivity contribution < 1.29 is 14.3 Å². The van der Waals surface area contributed by atoms with Crippen LogP contribution in [0.15, 0.2) is 30.5 Å². The average molecular weight is 399 g/mol. The largest absolute Gasteiger partial charge is 0.490 e. The number of nitrogens with zero attached hydrogens (tertiary/aromatic N) is 3. The second kappa shape index (κ2) is 8.45. The summed E-state index contributed by atoms with van der Waals surface area (Å²) in [5.41, 5.74) is 6.29. The highest BCUT2D eigenvalue weighted by molar-refractivity contribution is 5.88. The number of ether oxygens (including phenoxy) is 1. The summed E-state index contributed by atoms with van der Waals surface area (Å²) >= 11 is 0. The zero-order valence-electron chi connectivity index (χ0n) is 17.0. The van der Waals surface area contributed by atoms with Crippen molar-refractivity contribution in [3.05, 3.63) is 30.5 Å². The minimum Gasteiger partial charge on any atom is -0.490 e. The zero-order valence-corrected chi connectivity index (χ0v) is 17.0. The van der Waals surface area contributed by atoms with Gasteiger partial charge in [0, 0.05) is 38.3 Å². The van der Waals surface area contributed by atoms with Gasteiger partial charge < -0.3 is 19.9 Å². The smallest absolute Gasteiger partial charge is 0.239 e. The van der Waals surface area contributed by atoms with Crippen LogP contribution < -0.4 is 10.5 Å². The van der Waals surface area contributed by atoms with Crippen molar-refractivity contribution in [1.82, 2.24) is 14.4 Å². The van der Waals surface area contributed by atoms with Gasteiger partial charge in [-0.05, 0) is 50.3 Å². The summed E-state index contributed by atoms with van der Waals surface area (Å²) in [6, 6.07) is 7.90. The maximum atomic E-state index is 12.7. The molecule has 0 radical (unpaired) electrons. The van der Waals surface area contributed by atoms with Gasteiger partial charge in [-0.15, -0.1) is 0 Å². The molecule has 4 rings (SSSR count). The third-order valence-corrected chi connectivity index (χ3v) is 6.19. The lowest BCUT2D eigenvalue weighted by Crippen LogP contribution is -2.50. The second-order valence-corrected chi connectivity index (χ2v) is 8.22. The molecule has 2 aromatic rings. The van der Waals surface area contributed by atoms with E-state index in [1.54, 1.807) is 0 Å². The summed E-state index contributed by atoms with van der Waals surface area (Å²) in [7, 11) is 1.92. The maximum absolute atomic E-state index is 12.7. The number of piperidine rings is 1. The van der Waals surface area contributed by atoms with Gasteiger partial charge in [-0.25, -0.2) is 0 Å². The first-order chi connectivity index (χ1) is 14.0. The Morgan fingerprint density at radius 3 is 2.69 bits per heavy atom. The Bertz CT molecular complexity index is 885. The van der Waals surface area contributed by atoms with Gasteiger partial charge in [0.1, 0.15) is 18.4 Å². The minimum absolute atomic E-state index is 0.0229. The highest BCUT2D eigenvalue weighted by Gasteiger charge is 2.33. The number of primary amides is 1. The van der Waals surface area contributed by atoms with Crippen LogP contribution in [0.25, 0.3) is 10.9 Å². The van der Waals surface area contributed by atoms with Crippen molar-refractivity contribution in [2.24, 2.45) is 5.73 Å². The number of fused-ring (bicyclic) bond motifs is 1. The first-order valence-corrected chi connectivity index (χ1v) is 10.5. The van der Waals surface area contributed by atoms with Crippen molar-refractivity contribution in [2.45, 2.75) is 50.8 Å². The molecule has 7 heteroatoms. The average Bonchev–Trinajstić information content (AvgIpc) is 3.03. The summed E-state index contributed by atoms with van der Waals surface area (Å²) in [5, 5.41) is 0.997. The van der Waals surface area contributed by atoms with Crippen LogP contribution in [0.2, 0.25) is 0 Å². The summed E-state index contributed by atoms with van der Waals surface area (Å²) in [6.45, 7) is 2.80. The third kappa shape index (κ3) is 4.24. The van der Waals surface area contributed by atoms with Gasteiger partial charge in [-0.1, -0.05) is 6.07 Å². The molecule has 2 aliphatic heterocycles. The fraction of sp³-hybridized carbons (Fsp3) is 0.545. The molecule has 2 fully saturated rings. The van der Waals surface area contributed by atoms with E-state index in [0.717, 1.165) is 68.4 Å². The van der Waals surface area contributed by atoms with Gasteiger partial charge in [-0.2, -0.15) is 0 Å². The number of carbonyl (C=O) groups excluding carboxylic acids is 2. The molecule has 29 heavy (non-hydrogen) atoms. The van der Waals surface area contributed by atoms with Crippen LogP contribution in [0.5, 0.6) is 5.75 Å². The molecule has 0 saturated carbocycles. The topological polar surface area (TPSA) is 80.8 Å². The van der Waals surface area contributed by atoms with Crippen LogP contribution >= 0.6 is 0 Å². The van der Waals surface area contributed by atoms with Crippen molar-refractivity contribution >= 4 is 22.7 Å². The number of likely N-dealkylation sites (N-methyl/N-ethyl adjacent to an activating group) is 1. The van der Waals surface area contributed by atoms with Crippen LogP contribution in [0.1, 0.15) is 32.1 Å². The number of amides is 2. The first kappa shape index (κ1) is 19.8. The Balaban J connectivity index is 1.40. The summed E-state index contributed by atoms with van der Waals surface area (Å²) in [6.07, 6.45) is 6.99. The molecule has 7 nitrogen and oxygen atoms in total. The van der Waals surface area contributed by atoms with Crippen molar-refractivity contribution in [2.75, 3.05) is 26.7 Å². The number of rotatable bonds is 5. The minimum atomic E-state index is -0.361. The molecule has 1 atom stereocenters. The normalized spacial score (nSPS) is 22.0. The number of benzene rings is 1. The van der Waals surface area contributed by atoms with Gasteiger partial charge in [0.25, 0.3) is 0 Å². The molecule has 0 bridgehead atoms. The predicted molar refractivity (Wildman–Crippen MR) is 112 cm³/mol. The fourth-order valence-electron chi connectivity index (χ4n) is 4.60. The number of aromatic nitrogens is 1. The van der Waals surface area contributed by atoms with E-state index < -0.39 is 0 Å². The SMILES string of the molecule is CN1CCCCC(N2CCC(Oc3cccc4c3ccn4CC(N)=O)CC2)C1=O. The zero-order chi connectivity index (χ0) is 20.4. The molecule has 0 spiro atoms. The standard InChI is InChI=1S/C22H30N4O3/c1-24-11-3-2-5-19(22(24)28)25-12-8-16(9-13-25)29-20-7-4-6-18-17(20)10-14-26(18)15-21(23)27/h4,6-7,10,14,16,19H,2-3,5,8-9,11-13,15H2,1H3,(H2,23,27). The lowest BCUT2D eigenvalue weighted by atomic mass is 10.0. The molecular weight excluding hydrogens is 368 g/mol. The molecule has 2 N–H and O–H groups in total. The second-order valence-electron chi connectivity index (χ2n) is 8.22. The number of carbonyl (C=O) groups is 2. The van der Waals surface area contributed by atoms with Gasteiger partial charge in [0.05, 0.1) is 11.6 Å². The van der Waals surface area contributed by atoms with E-state index in [2.05, 4.69) is 4.90 Å². The molecule has 0 aliphatic carbocycles. The van der Waals surface area contributed by atoms with Gasteiger partial charge in [0.2, 0.25) is 11.8 Å². The van der Waals surface area contributed by atoms with E-state index in [1.165, 1.54) is 0 Å². The fourth-order valence-corrected chi connectivity index (χ4v) is 4.60. The van der Waals surface area contributed by atoms with Crippen molar-refractivity contribution in [3.8, 4) is 5.75 Å². The Morgan fingerprint density at radius 1 is 1.14 bits per heavy atom. The molecule has 2 amide bonds. The third-order valence-electron chi connectivity index (χ3n) is 6.19. The quantitative estimate of drug-likeness (QED) is 0.835. The van der Waals surface area contributed by atoms with E-state index >= 15 is 0 Å². The van der Waals surface area contributed by atoms with E-state index in [0.29, 0.717) is 0 Å². The first-order valence-electron chi connectivity index (χ1n) is 10.5. The van der Waals surface area contributed by atoms with Gasteiger partial charge in [0.15, 0.2) is 0 Å². The number of nitrogens with two attached hydrogens (primary N) is 1. The summed E-state index contributed by atoms with van der Waals surface area (Å²) < 4.78 is 8.19.